The molecule has 0 N–H and O–H groups in total. The molecule has 0 amide bonds. The summed E-state index contributed by atoms with van der Waals surface area (Å²) in [4.78, 5) is 0. The van der Waals surface area contributed by atoms with Crippen LogP contribution in [0.2, 0.25) is 0 Å². The van der Waals surface area contributed by atoms with E-state index in [1.807, 2.05) is 0 Å². The summed E-state index contributed by atoms with van der Waals surface area (Å²) in [7, 11) is 0. The minimum absolute atomic E-state index is 0.238. The average molecular weight is 282 g/mol. The third kappa shape index (κ3) is 2.48. The Kier molecular flexibility index (Phi) is 3.35. The number of alkyl halides is 3. The lowest BCUT2D eigenvalue weighted by Crippen LogP contribution is -2.11. The van der Waals surface area contributed by atoms with Crippen LogP contribution in [0.5, 0.6) is 0 Å². The highest BCUT2D eigenvalue weighted by atomic mass is 79.9. The Labute approximate surface area is 91.4 Å². The number of nitrogens with zero attached hydrogens (tertiary/aromatic N) is 1. The van der Waals surface area contributed by atoms with E-state index in [1.54, 1.807) is 6.07 Å². The molecule has 0 aliphatic carbocycles. The zero-order chi connectivity index (χ0) is 11.6. The van der Waals surface area contributed by atoms with E-state index in [9.17, 15) is 17.6 Å². The van der Waals surface area contributed by atoms with Crippen molar-refractivity contribution in [2.45, 2.75) is 12.6 Å². The first-order valence-corrected chi connectivity index (χ1v) is 4.58. The fourth-order valence-corrected chi connectivity index (χ4v) is 1.74. The molecule has 1 aromatic carbocycles. The van der Waals surface area contributed by atoms with E-state index in [4.69, 9.17) is 5.26 Å². The summed E-state index contributed by atoms with van der Waals surface area (Å²) in [6.07, 6.45) is -5.08. The monoisotopic (exact) mass is 281 g/mol. The molecule has 1 rings (SSSR count). The Hall–Kier alpha value is -1.09. The van der Waals surface area contributed by atoms with Crippen LogP contribution in [0.4, 0.5) is 17.6 Å². The van der Waals surface area contributed by atoms with Gasteiger partial charge in [-0.15, -0.1) is 0 Å². The van der Waals surface area contributed by atoms with Crippen LogP contribution in [0.1, 0.15) is 11.1 Å². The van der Waals surface area contributed by atoms with Crippen LogP contribution in [0.15, 0.2) is 16.6 Å². The van der Waals surface area contributed by atoms with E-state index in [-0.39, 0.29) is 5.56 Å². The molecule has 1 nitrogen and oxygen atoms in total. The minimum atomic E-state index is -4.67. The first-order chi connectivity index (χ1) is 6.88. The van der Waals surface area contributed by atoms with Gasteiger partial charge < -0.3 is 0 Å². The van der Waals surface area contributed by atoms with E-state index in [2.05, 4.69) is 15.9 Å². The first kappa shape index (κ1) is 12.0. The number of hydrogen-bond acceptors (Lipinski definition) is 1. The van der Waals surface area contributed by atoms with Crippen LogP contribution >= 0.6 is 15.9 Å². The normalized spacial score (nSPS) is 11.2. The molecule has 80 valence electrons. The van der Waals surface area contributed by atoms with Crippen LogP contribution in [0.25, 0.3) is 0 Å². The summed E-state index contributed by atoms with van der Waals surface area (Å²) in [6.45, 7) is 0. The Balaban J connectivity index is 3.43. The van der Waals surface area contributed by atoms with Crippen molar-refractivity contribution >= 4 is 15.9 Å². The zero-order valence-corrected chi connectivity index (χ0v) is 8.78. The number of nitriles is 1. The first-order valence-electron chi connectivity index (χ1n) is 3.79. The fourth-order valence-electron chi connectivity index (χ4n) is 1.13. The highest BCUT2D eigenvalue weighted by Gasteiger charge is 2.36. The Morgan fingerprint density at radius 1 is 1.33 bits per heavy atom. The van der Waals surface area contributed by atoms with Crippen molar-refractivity contribution in [3.63, 3.8) is 0 Å². The van der Waals surface area contributed by atoms with Gasteiger partial charge in [0.05, 0.1) is 22.5 Å². The largest absolute Gasteiger partial charge is 0.417 e. The van der Waals surface area contributed by atoms with Crippen molar-refractivity contribution in [1.29, 1.82) is 5.26 Å². The molecule has 0 heterocycles. The molecule has 0 bridgehead atoms. The molecular weight excluding hydrogens is 278 g/mol. The smallest absolute Gasteiger partial charge is 0.206 e. The molecule has 1 aromatic rings. The highest BCUT2D eigenvalue weighted by Crippen LogP contribution is 2.38. The summed E-state index contributed by atoms with van der Waals surface area (Å²) >= 11 is 2.53. The van der Waals surface area contributed by atoms with Crippen molar-refractivity contribution in [2.24, 2.45) is 0 Å². The molecule has 15 heavy (non-hydrogen) atoms. The third-order valence-corrected chi connectivity index (χ3v) is 2.51. The minimum Gasteiger partial charge on any atom is -0.206 e. The fraction of sp³-hybridized carbons (Fsp3) is 0.222. The van der Waals surface area contributed by atoms with Crippen molar-refractivity contribution in [2.75, 3.05) is 0 Å². The van der Waals surface area contributed by atoms with Gasteiger partial charge in [0.1, 0.15) is 5.82 Å². The maximum absolute atomic E-state index is 12.9. The van der Waals surface area contributed by atoms with E-state index in [0.717, 1.165) is 12.1 Å². The molecule has 0 radical (unpaired) electrons. The van der Waals surface area contributed by atoms with Gasteiger partial charge in [-0.1, -0.05) is 6.07 Å². The van der Waals surface area contributed by atoms with E-state index in [1.165, 1.54) is 0 Å². The van der Waals surface area contributed by atoms with Gasteiger partial charge in [-0.05, 0) is 27.6 Å². The van der Waals surface area contributed by atoms with Gasteiger partial charge in [-0.3, -0.25) is 0 Å². The topological polar surface area (TPSA) is 23.8 Å². The predicted molar refractivity (Wildman–Crippen MR) is 48.4 cm³/mol. The second-order valence-corrected chi connectivity index (χ2v) is 3.52. The number of benzene rings is 1. The van der Waals surface area contributed by atoms with Crippen LogP contribution in [0.3, 0.4) is 0 Å². The molecule has 0 spiro atoms. The second kappa shape index (κ2) is 4.19. The quantitative estimate of drug-likeness (QED) is 0.721. The van der Waals surface area contributed by atoms with Crippen molar-refractivity contribution in [3.05, 3.63) is 33.5 Å². The van der Waals surface area contributed by atoms with Gasteiger partial charge in [0.25, 0.3) is 0 Å². The molecule has 0 aliphatic heterocycles. The summed E-state index contributed by atoms with van der Waals surface area (Å²) in [5.74, 6) is -0.996. The lowest BCUT2D eigenvalue weighted by molar-refractivity contribution is -0.138. The third-order valence-electron chi connectivity index (χ3n) is 1.73. The maximum atomic E-state index is 12.9. The van der Waals surface area contributed by atoms with Gasteiger partial charge in [0.15, 0.2) is 0 Å². The van der Waals surface area contributed by atoms with Crippen LogP contribution < -0.4 is 0 Å². The van der Waals surface area contributed by atoms with Gasteiger partial charge in [0, 0.05) is 0 Å². The Morgan fingerprint density at radius 3 is 2.40 bits per heavy atom. The second-order valence-electron chi connectivity index (χ2n) is 2.73. The van der Waals surface area contributed by atoms with E-state index in [0.29, 0.717) is 0 Å². The van der Waals surface area contributed by atoms with Crippen molar-refractivity contribution < 1.29 is 17.6 Å². The predicted octanol–water partition coefficient (Wildman–Crippen LogP) is 3.67. The highest BCUT2D eigenvalue weighted by molar-refractivity contribution is 9.10. The van der Waals surface area contributed by atoms with Crippen molar-refractivity contribution in [3.8, 4) is 6.07 Å². The van der Waals surface area contributed by atoms with Gasteiger partial charge >= 0.3 is 6.18 Å². The summed E-state index contributed by atoms with van der Waals surface area (Å²) in [5, 5.41) is 8.34. The average Bonchev–Trinajstić information content (AvgIpc) is 2.10. The number of hydrogen-bond donors (Lipinski definition) is 0. The lowest BCUT2D eigenvalue weighted by Gasteiger charge is -2.13. The summed E-state index contributed by atoms with van der Waals surface area (Å²) in [6, 6.07) is 3.46. The van der Waals surface area contributed by atoms with Crippen LogP contribution in [-0.2, 0) is 12.6 Å². The molecule has 0 atom stereocenters. The van der Waals surface area contributed by atoms with Gasteiger partial charge in [0.2, 0.25) is 0 Å². The van der Waals surface area contributed by atoms with E-state index < -0.39 is 28.5 Å². The number of halogens is 5. The number of rotatable bonds is 1. The Morgan fingerprint density at radius 2 is 1.93 bits per heavy atom. The van der Waals surface area contributed by atoms with Crippen LogP contribution in [-0.4, -0.2) is 0 Å². The molecule has 6 heteroatoms. The standard InChI is InChI=1S/C9H4BrF4N/c10-8-6(11)2-1-5(3-4-15)7(8)9(12,13)14/h1-2H,3H2. The molecule has 0 aliphatic rings. The summed E-state index contributed by atoms with van der Waals surface area (Å²) < 4.78 is 49.8. The van der Waals surface area contributed by atoms with E-state index >= 15 is 0 Å². The van der Waals surface area contributed by atoms with Crippen molar-refractivity contribution in [1.82, 2.24) is 0 Å². The molecule has 0 unspecified atom stereocenters. The molecule has 0 saturated carbocycles. The van der Waals surface area contributed by atoms with Gasteiger partial charge in [-0.25, -0.2) is 4.39 Å². The summed E-state index contributed by atoms with van der Waals surface area (Å²) in [5.41, 5.74) is -1.36. The molecule has 0 aromatic heterocycles. The van der Waals surface area contributed by atoms with Gasteiger partial charge in [-0.2, -0.15) is 18.4 Å². The van der Waals surface area contributed by atoms with Crippen LogP contribution in [0, 0.1) is 17.1 Å². The maximum Gasteiger partial charge on any atom is 0.417 e. The Bertz CT molecular complexity index is 419. The molecule has 0 saturated heterocycles. The SMILES string of the molecule is N#CCc1ccc(F)c(Br)c1C(F)(F)F. The zero-order valence-electron chi connectivity index (χ0n) is 7.20. The lowest BCUT2D eigenvalue weighted by atomic mass is 10.0. The molecular formula is C9H4BrF4N. The molecule has 0 fully saturated rings.